The van der Waals surface area contributed by atoms with Gasteiger partial charge in [0, 0.05) is 10.6 Å². The number of aryl methyl sites for hydroxylation is 1. The number of nitrogens with two attached hydrogens (primary N) is 1. The number of nitrogens with zero attached hydrogens (tertiary/aromatic N) is 2. The number of anilines is 1. The second-order valence-electron chi connectivity index (χ2n) is 5.85. The number of ether oxygens (including phenoxy) is 1. The summed E-state index contributed by atoms with van der Waals surface area (Å²) in [7, 11) is 0. The molecular formula is C19H15Cl3N4O2S. The topological polar surface area (TPSA) is 89.6 Å². The zero-order chi connectivity index (χ0) is 21.0. The second-order valence-corrected chi connectivity index (χ2v) is 8.07. The van der Waals surface area contributed by atoms with E-state index in [0.29, 0.717) is 42.1 Å². The Kier molecular flexibility index (Phi) is 6.97. The van der Waals surface area contributed by atoms with Gasteiger partial charge in [-0.15, -0.1) is 0 Å². The number of carbonyl (C=O) groups is 1. The molecule has 0 aliphatic heterocycles. The number of hydrogen-bond donors (Lipinski definition) is 2. The summed E-state index contributed by atoms with van der Waals surface area (Å²) in [5.74, 6) is 0.261. The number of benzene rings is 2. The molecule has 0 aliphatic carbocycles. The van der Waals surface area contributed by atoms with Crippen molar-refractivity contribution in [3.63, 3.8) is 0 Å². The van der Waals surface area contributed by atoms with Crippen LogP contribution in [-0.4, -0.2) is 17.1 Å². The van der Waals surface area contributed by atoms with Crippen molar-refractivity contribution in [2.24, 2.45) is 5.10 Å². The summed E-state index contributed by atoms with van der Waals surface area (Å²) in [4.78, 5) is 16.5. The number of rotatable bonds is 6. The Morgan fingerprint density at radius 2 is 1.90 bits per heavy atom. The number of carbonyl (C=O) groups excluding carboxylic acids is 1. The molecule has 0 unspecified atom stereocenters. The van der Waals surface area contributed by atoms with Gasteiger partial charge in [-0.25, -0.2) is 10.4 Å². The van der Waals surface area contributed by atoms with Crippen molar-refractivity contribution in [3.05, 3.63) is 73.2 Å². The summed E-state index contributed by atoms with van der Waals surface area (Å²) in [5.41, 5.74) is 10.0. The molecule has 2 aromatic carbocycles. The molecule has 1 heterocycles. The number of amides is 1. The van der Waals surface area contributed by atoms with Gasteiger partial charge in [0.25, 0.3) is 5.91 Å². The molecule has 150 valence electrons. The minimum atomic E-state index is -0.358. The average molecular weight is 470 g/mol. The van der Waals surface area contributed by atoms with Crippen LogP contribution in [0.2, 0.25) is 15.1 Å². The highest BCUT2D eigenvalue weighted by molar-refractivity contribution is 7.17. The fourth-order valence-electron chi connectivity index (χ4n) is 2.35. The Labute approximate surface area is 186 Å². The lowest BCUT2D eigenvalue weighted by molar-refractivity contribution is 0.0958. The Morgan fingerprint density at radius 3 is 2.55 bits per heavy atom. The molecule has 6 nitrogen and oxygen atoms in total. The molecule has 1 aromatic heterocycles. The molecule has 0 spiro atoms. The van der Waals surface area contributed by atoms with Gasteiger partial charge in [0.1, 0.15) is 17.2 Å². The van der Waals surface area contributed by atoms with E-state index in [1.807, 2.05) is 0 Å². The first kappa shape index (κ1) is 21.4. The third kappa shape index (κ3) is 5.39. The lowest BCUT2D eigenvalue weighted by atomic mass is 10.2. The number of hydrazone groups is 1. The maximum atomic E-state index is 12.1. The van der Waals surface area contributed by atoms with Gasteiger partial charge in [0.15, 0.2) is 5.13 Å². The van der Waals surface area contributed by atoms with Crippen LogP contribution >= 0.6 is 46.1 Å². The first-order chi connectivity index (χ1) is 13.8. The Balaban J connectivity index is 1.58. The Bertz CT molecular complexity index is 1070. The van der Waals surface area contributed by atoms with E-state index in [0.717, 1.165) is 16.9 Å². The summed E-state index contributed by atoms with van der Waals surface area (Å²) in [6, 6.07) is 10.4. The van der Waals surface area contributed by atoms with E-state index in [9.17, 15) is 4.79 Å². The summed E-state index contributed by atoms with van der Waals surface area (Å²) >= 11 is 19.4. The van der Waals surface area contributed by atoms with Crippen LogP contribution in [0.1, 0.15) is 26.5 Å². The molecule has 0 aliphatic rings. The van der Waals surface area contributed by atoms with Gasteiger partial charge >= 0.3 is 0 Å². The summed E-state index contributed by atoms with van der Waals surface area (Å²) < 4.78 is 5.72. The molecule has 0 fully saturated rings. The molecule has 0 saturated carbocycles. The van der Waals surface area contributed by atoms with Crippen LogP contribution in [0.3, 0.4) is 0 Å². The Hall–Kier alpha value is -2.32. The lowest BCUT2D eigenvalue weighted by Crippen LogP contribution is -2.17. The van der Waals surface area contributed by atoms with Gasteiger partial charge in [0.2, 0.25) is 0 Å². The molecule has 0 radical (unpaired) electrons. The first-order valence-electron chi connectivity index (χ1n) is 8.26. The highest BCUT2D eigenvalue weighted by Gasteiger charge is 2.13. The normalized spacial score (nSPS) is 11.0. The third-order valence-corrected chi connectivity index (χ3v) is 5.98. The molecule has 3 rings (SSSR count). The largest absolute Gasteiger partial charge is 0.489 e. The van der Waals surface area contributed by atoms with Gasteiger partial charge in [-0.2, -0.15) is 5.10 Å². The van der Waals surface area contributed by atoms with Crippen molar-refractivity contribution in [2.75, 3.05) is 5.73 Å². The van der Waals surface area contributed by atoms with Gasteiger partial charge in [0.05, 0.1) is 22.0 Å². The minimum Gasteiger partial charge on any atom is -0.489 e. The molecular weight excluding hydrogens is 455 g/mol. The van der Waals surface area contributed by atoms with E-state index in [2.05, 4.69) is 15.5 Å². The maximum absolute atomic E-state index is 12.1. The molecule has 1 amide bonds. The molecule has 10 heteroatoms. The van der Waals surface area contributed by atoms with E-state index in [-0.39, 0.29) is 12.5 Å². The van der Waals surface area contributed by atoms with Crippen molar-refractivity contribution >= 4 is 63.4 Å². The van der Waals surface area contributed by atoms with Crippen molar-refractivity contribution in [2.45, 2.75) is 13.5 Å². The van der Waals surface area contributed by atoms with Crippen LogP contribution in [0.25, 0.3) is 0 Å². The number of halogens is 3. The quantitative estimate of drug-likeness (QED) is 0.290. The van der Waals surface area contributed by atoms with Crippen LogP contribution in [0.5, 0.6) is 5.75 Å². The van der Waals surface area contributed by atoms with Crippen molar-refractivity contribution in [1.29, 1.82) is 0 Å². The van der Waals surface area contributed by atoms with Crippen LogP contribution in [-0.2, 0) is 6.61 Å². The van der Waals surface area contributed by atoms with E-state index >= 15 is 0 Å². The average Bonchev–Trinajstić information content (AvgIpc) is 3.04. The molecule has 29 heavy (non-hydrogen) atoms. The van der Waals surface area contributed by atoms with Crippen LogP contribution in [0, 0.1) is 6.92 Å². The van der Waals surface area contributed by atoms with Gasteiger partial charge in [-0.1, -0.05) is 46.1 Å². The predicted octanol–water partition coefficient (Wildman–Crippen LogP) is 5.34. The lowest BCUT2D eigenvalue weighted by Gasteiger charge is -2.10. The second kappa shape index (κ2) is 9.45. The standard InChI is InChI=1S/C19H15Cl3N4O2S/c1-10-17(29-19(23)25-10)18(27)26-24-8-11-2-4-12(5-3-11)28-9-13-14(20)6-7-15(21)16(13)22/h2-8H,9H2,1H3,(H2,23,25)(H,26,27). The molecule has 0 atom stereocenters. The maximum Gasteiger partial charge on any atom is 0.283 e. The predicted molar refractivity (Wildman–Crippen MR) is 119 cm³/mol. The summed E-state index contributed by atoms with van der Waals surface area (Å²) in [6.45, 7) is 1.90. The smallest absolute Gasteiger partial charge is 0.283 e. The van der Waals surface area contributed by atoms with Crippen molar-refractivity contribution in [1.82, 2.24) is 10.4 Å². The highest BCUT2D eigenvalue weighted by atomic mass is 35.5. The fourth-order valence-corrected chi connectivity index (χ4v) is 3.73. The monoisotopic (exact) mass is 468 g/mol. The van der Waals surface area contributed by atoms with Crippen molar-refractivity contribution < 1.29 is 9.53 Å². The van der Waals surface area contributed by atoms with Crippen molar-refractivity contribution in [3.8, 4) is 5.75 Å². The van der Waals surface area contributed by atoms with Gasteiger partial charge < -0.3 is 10.5 Å². The number of nitrogens with one attached hydrogen (secondary N) is 1. The number of nitrogen functional groups attached to an aromatic ring is 1. The zero-order valence-electron chi connectivity index (χ0n) is 15.1. The number of thiazole rings is 1. The molecule has 3 N–H and O–H groups in total. The van der Waals surface area contributed by atoms with Crippen LogP contribution < -0.4 is 15.9 Å². The van der Waals surface area contributed by atoms with Gasteiger partial charge in [-0.3, -0.25) is 4.79 Å². The fraction of sp³-hybridized carbons (Fsp3) is 0.105. The molecule has 3 aromatic rings. The summed E-state index contributed by atoms with van der Waals surface area (Å²) in [5, 5.41) is 5.56. The van der Waals surface area contributed by atoms with Gasteiger partial charge in [-0.05, 0) is 48.9 Å². The van der Waals surface area contributed by atoms with E-state index in [4.69, 9.17) is 45.3 Å². The molecule has 0 bridgehead atoms. The number of hydrogen-bond acceptors (Lipinski definition) is 6. The van der Waals surface area contributed by atoms with E-state index in [1.165, 1.54) is 6.21 Å². The van der Waals surface area contributed by atoms with E-state index in [1.54, 1.807) is 43.3 Å². The van der Waals surface area contributed by atoms with E-state index < -0.39 is 0 Å². The first-order valence-corrected chi connectivity index (χ1v) is 10.2. The SMILES string of the molecule is Cc1nc(N)sc1C(=O)NN=Cc1ccc(OCc2c(Cl)ccc(Cl)c2Cl)cc1. The minimum absolute atomic E-state index is 0.180. The van der Waals surface area contributed by atoms with Crippen LogP contribution in [0.4, 0.5) is 5.13 Å². The highest BCUT2D eigenvalue weighted by Crippen LogP contribution is 2.32. The zero-order valence-corrected chi connectivity index (χ0v) is 18.2. The summed E-state index contributed by atoms with van der Waals surface area (Å²) in [6.07, 6.45) is 1.52. The number of aromatic nitrogens is 1. The van der Waals surface area contributed by atoms with Crippen LogP contribution in [0.15, 0.2) is 41.5 Å². The third-order valence-electron chi connectivity index (χ3n) is 3.80. The molecule has 0 saturated heterocycles. The Morgan fingerprint density at radius 1 is 1.21 bits per heavy atom.